The summed E-state index contributed by atoms with van der Waals surface area (Å²) in [6.07, 6.45) is 1.87. The van der Waals surface area contributed by atoms with Crippen LogP contribution in [0.15, 0.2) is 68.7 Å². The molecule has 1 N–H and O–H groups in total. The number of fused-ring (bicyclic) bond motifs is 1. The van der Waals surface area contributed by atoms with Crippen molar-refractivity contribution in [3.05, 3.63) is 79.9 Å². The van der Waals surface area contributed by atoms with Gasteiger partial charge in [-0.15, -0.1) is 0 Å². The van der Waals surface area contributed by atoms with E-state index in [4.69, 9.17) is 21.1 Å². The molecule has 35 heavy (non-hydrogen) atoms. The molecule has 0 spiro atoms. The summed E-state index contributed by atoms with van der Waals surface area (Å²) in [6, 6.07) is 10.2. The summed E-state index contributed by atoms with van der Waals surface area (Å²) in [6.45, 7) is 5.46. The molecule has 182 valence electrons. The van der Waals surface area contributed by atoms with E-state index in [0.29, 0.717) is 33.3 Å². The van der Waals surface area contributed by atoms with Crippen molar-refractivity contribution in [2.45, 2.75) is 26.8 Å². The van der Waals surface area contributed by atoms with Gasteiger partial charge in [0.1, 0.15) is 5.75 Å². The van der Waals surface area contributed by atoms with Crippen LogP contribution in [0.5, 0.6) is 5.75 Å². The second-order valence-electron chi connectivity index (χ2n) is 7.80. The third-order valence-corrected chi connectivity index (χ3v) is 6.91. The number of halogens is 2. The molecule has 0 fully saturated rings. The number of esters is 1. The zero-order chi connectivity index (χ0) is 25.1. The van der Waals surface area contributed by atoms with Crippen molar-refractivity contribution in [3.8, 4) is 5.75 Å². The van der Waals surface area contributed by atoms with Crippen LogP contribution in [0, 0.1) is 6.92 Å². The van der Waals surface area contributed by atoms with Crippen molar-refractivity contribution < 1.29 is 19.1 Å². The van der Waals surface area contributed by atoms with Gasteiger partial charge in [-0.25, -0.2) is 9.79 Å². The minimum atomic E-state index is -0.529. The van der Waals surface area contributed by atoms with Crippen LogP contribution in [0.2, 0.25) is 5.02 Å². The molecule has 2 aromatic rings. The van der Waals surface area contributed by atoms with E-state index in [1.54, 1.807) is 32.0 Å². The molecule has 0 saturated carbocycles. The summed E-state index contributed by atoms with van der Waals surface area (Å²) in [5.74, 6) is -0.301. The maximum Gasteiger partial charge on any atom is 0.338 e. The number of rotatable bonds is 7. The number of amides is 1. The highest BCUT2D eigenvalue weighted by Gasteiger charge is 2.39. The number of amidine groups is 1. The average molecular weight is 577 g/mol. The Kier molecular flexibility index (Phi) is 7.88. The lowest BCUT2D eigenvalue weighted by molar-refractivity contribution is -0.139. The lowest BCUT2D eigenvalue weighted by atomic mass is 9.94. The first-order valence-electron chi connectivity index (χ1n) is 10.8. The van der Waals surface area contributed by atoms with Gasteiger partial charge in [-0.3, -0.25) is 4.79 Å². The molecule has 7 nitrogen and oxygen atoms in total. The predicted molar refractivity (Wildman–Crippen MR) is 143 cm³/mol. The number of aryl methyl sites for hydroxylation is 1. The second kappa shape index (κ2) is 10.9. The molecule has 2 heterocycles. The van der Waals surface area contributed by atoms with Gasteiger partial charge in [-0.1, -0.05) is 45.4 Å². The third kappa shape index (κ3) is 5.58. The Labute approximate surface area is 221 Å². The SMILES string of the molecule is CCOC(=O)C1=C(C)N=C2SC=CN2[C@H]1c1cc(Br)ccc1OCC(=O)Nc1cc(Cl)ccc1C. The maximum absolute atomic E-state index is 13.0. The Balaban J connectivity index is 1.64. The highest BCUT2D eigenvalue weighted by atomic mass is 79.9. The number of aliphatic imine (C=N–C) groups is 1. The molecular formula is C25H23BrClN3O4S. The lowest BCUT2D eigenvalue weighted by Crippen LogP contribution is -2.34. The number of nitrogens with zero attached hydrogens (tertiary/aromatic N) is 2. The number of carbonyl (C=O) groups excluding carboxylic acids is 2. The molecule has 2 aromatic carbocycles. The van der Waals surface area contributed by atoms with Crippen LogP contribution in [0.1, 0.15) is 31.0 Å². The van der Waals surface area contributed by atoms with Gasteiger partial charge >= 0.3 is 5.97 Å². The number of hydrogen-bond acceptors (Lipinski definition) is 7. The van der Waals surface area contributed by atoms with Crippen molar-refractivity contribution in [2.24, 2.45) is 4.99 Å². The van der Waals surface area contributed by atoms with E-state index in [0.717, 1.165) is 15.2 Å². The molecule has 2 aliphatic heterocycles. The fraction of sp³-hybridized carbons (Fsp3) is 0.240. The smallest absolute Gasteiger partial charge is 0.338 e. The highest BCUT2D eigenvalue weighted by Crippen LogP contribution is 2.44. The summed E-state index contributed by atoms with van der Waals surface area (Å²) in [7, 11) is 0. The third-order valence-electron chi connectivity index (χ3n) is 5.41. The van der Waals surface area contributed by atoms with E-state index in [9.17, 15) is 9.59 Å². The van der Waals surface area contributed by atoms with Gasteiger partial charge in [0.25, 0.3) is 5.91 Å². The van der Waals surface area contributed by atoms with Crippen molar-refractivity contribution in [3.63, 3.8) is 0 Å². The Morgan fingerprint density at radius 3 is 2.80 bits per heavy atom. The van der Waals surface area contributed by atoms with E-state index < -0.39 is 12.0 Å². The molecule has 10 heteroatoms. The van der Waals surface area contributed by atoms with Gasteiger partial charge in [-0.05, 0) is 62.1 Å². The fourth-order valence-corrected chi connectivity index (χ4v) is 5.14. The molecule has 1 amide bonds. The van der Waals surface area contributed by atoms with Gasteiger partial charge in [0.2, 0.25) is 0 Å². The van der Waals surface area contributed by atoms with E-state index >= 15 is 0 Å². The minimum absolute atomic E-state index is 0.226. The van der Waals surface area contributed by atoms with Gasteiger partial charge in [0, 0.05) is 26.9 Å². The molecule has 2 aliphatic rings. The molecular weight excluding hydrogens is 554 g/mol. The predicted octanol–water partition coefficient (Wildman–Crippen LogP) is 6.20. The number of ether oxygens (including phenoxy) is 2. The number of allylic oxidation sites excluding steroid dienone is 1. The molecule has 1 atom stereocenters. The van der Waals surface area contributed by atoms with Crippen LogP contribution in [0.4, 0.5) is 5.69 Å². The monoisotopic (exact) mass is 575 g/mol. The molecule has 0 aliphatic carbocycles. The number of thioether (sulfide) groups is 1. The highest BCUT2D eigenvalue weighted by molar-refractivity contribution is 9.10. The van der Waals surface area contributed by atoms with E-state index in [-0.39, 0.29) is 19.1 Å². The van der Waals surface area contributed by atoms with Crippen LogP contribution in [0.3, 0.4) is 0 Å². The standard InChI is InChI=1S/C25H23BrClN3O4S/c1-4-33-24(32)22-15(3)28-25-30(9-10-35-25)23(22)18-11-16(26)6-8-20(18)34-13-21(31)29-19-12-17(27)7-5-14(19)2/h5-12,23H,4,13H2,1-3H3,(H,29,31)/t23-/m0/s1. The molecule has 0 bridgehead atoms. The van der Waals surface area contributed by atoms with Crippen LogP contribution < -0.4 is 10.1 Å². The lowest BCUT2D eigenvalue weighted by Gasteiger charge is -2.34. The van der Waals surface area contributed by atoms with Crippen molar-refractivity contribution in [1.29, 1.82) is 0 Å². The second-order valence-corrected chi connectivity index (χ2v) is 10.0. The normalized spacial score (nSPS) is 16.7. The summed E-state index contributed by atoms with van der Waals surface area (Å²) >= 11 is 11.1. The van der Waals surface area contributed by atoms with Crippen molar-refractivity contribution in [1.82, 2.24) is 4.90 Å². The Hall–Kier alpha value is -2.75. The summed E-state index contributed by atoms with van der Waals surface area (Å²) in [4.78, 5) is 32.1. The van der Waals surface area contributed by atoms with Crippen molar-refractivity contribution in [2.75, 3.05) is 18.5 Å². The minimum Gasteiger partial charge on any atom is -0.483 e. The van der Waals surface area contributed by atoms with Crippen LogP contribution >= 0.6 is 39.3 Å². The Morgan fingerprint density at radius 1 is 1.23 bits per heavy atom. The summed E-state index contributed by atoms with van der Waals surface area (Å²) < 4.78 is 12.1. The van der Waals surface area contributed by atoms with Crippen molar-refractivity contribution >= 4 is 62.0 Å². The van der Waals surface area contributed by atoms with Gasteiger partial charge < -0.3 is 19.7 Å². The van der Waals surface area contributed by atoms with E-state index in [1.807, 2.05) is 41.6 Å². The van der Waals surface area contributed by atoms with Crippen LogP contribution in [-0.4, -0.2) is 35.2 Å². The fourth-order valence-electron chi connectivity index (χ4n) is 3.80. The molecule has 0 saturated heterocycles. The first-order valence-corrected chi connectivity index (χ1v) is 12.9. The van der Waals surface area contributed by atoms with E-state index in [2.05, 4.69) is 26.2 Å². The van der Waals surface area contributed by atoms with Crippen LogP contribution in [-0.2, 0) is 14.3 Å². The number of carbonyl (C=O) groups is 2. The number of anilines is 1. The average Bonchev–Trinajstić information content (AvgIpc) is 3.28. The quantitative estimate of drug-likeness (QED) is 0.396. The maximum atomic E-state index is 13.0. The zero-order valence-electron chi connectivity index (χ0n) is 19.3. The van der Waals surface area contributed by atoms with Gasteiger partial charge in [0.05, 0.1) is 23.9 Å². The number of nitrogens with one attached hydrogen (secondary N) is 1. The summed E-state index contributed by atoms with van der Waals surface area (Å²) in [5.41, 5.74) is 3.21. The topological polar surface area (TPSA) is 80.2 Å². The summed E-state index contributed by atoms with van der Waals surface area (Å²) in [5, 5.41) is 6.02. The first-order chi connectivity index (χ1) is 16.8. The van der Waals surface area contributed by atoms with Crippen LogP contribution in [0.25, 0.3) is 0 Å². The van der Waals surface area contributed by atoms with Gasteiger partial charge in [0.15, 0.2) is 11.8 Å². The largest absolute Gasteiger partial charge is 0.483 e. The number of benzene rings is 2. The molecule has 0 unspecified atom stereocenters. The Morgan fingerprint density at radius 2 is 2.03 bits per heavy atom. The van der Waals surface area contributed by atoms with E-state index in [1.165, 1.54) is 11.8 Å². The first kappa shape index (κ1) is 25.3. The van der Waals surface area contributed by atoms with Gasteiger partial charge in [-0.2, -0.15) is 0 Å². The Bertz CT molecular complexity index is 1280. The molecule has 0 aromatic heterocycles. The number of hydrogen-bond donors (Lipinski definition) is 1. The molecule has 4 rings (SSSR count). The molecule has 0 radical (unpaired) electrons. The zero-order valence-corrected chi connectivity index (χ0v) is 22.5.